The number of ether oxygens (including phenoxy) is 2. The topological polar surface area (TPSA) is 93.6 Å². The van der Waals surface area contributed by atoms with Crippen LogP contribution in [0.15, 0.2) is 48.7 Å². The van der Waals surface area contributed by atoms with Crippen LogP contribution in [0.4, 0.5) is 32.0 Å². The van der Waals surface area contributed by atoms with Gasteiger partial charge in [0.05, 0.1) is 7.11 Å². The summed E-state index contributed by atoms with van der Waals surface area (Å²) >= 11 is 0. The maximum atomic E-state index is 12.9. The summed E-state index contributed by atoms with van der Waals surface area (Å²) < 4.78 is 87.5. The third-order valence-electron chi connectivity index (χ3n) is 4.05. The fourth-order valence-corrected chi connectivity index (χ4v) is 2.55. The van der Waals surface area contributed by atoms with Crippen molar-refractivity contribution < 1.29 is 45.7 Å². The van der Waals surface area contributed by atoms with Crippen molar-refractivity contribution in [3.05, 3.63) is 65.7 Å². The molecule has 1 amide bonds. The molecule has 0 bridgehead atoms. The number of carbonyl (C=O) groups is 1. The summed E-state index contributed by atoms with van der Waals surface area (Å²) in [5.41, 5.74) is -3.67. The van der Waals surface area contributed by atoms with E-state index in [1.807, 2.05) is 0 Å². The van der Waals surface area contributed by atoms with Gasteiger partial charge in [-0.05, 0) is 24.3 Å². The average Bonchev–Trinajstić information content (AvgIpc) is 2.74. The lowest BCUT2D eigenvalue weighted by Gasteiger charge is -2.14. The fraction of sp³-hybridized carbons (Fsp3) is 0.150. The van der Waals surface area contributed by atoms with Crippen molar-refractivity contribution in [1.82, 2.24) is 9.97 Å². The van der Waals surface area contributed by atoms with Crippen LogP contribution in [0.5, 0.6) is 23.0 Å². The minimum absolute atomic E-state index is 0.0210. The summed E-state index contributed by atoms with van der Waals surface area (Å²) in [6.07, 6.45) is -9.00. The van der Waals surface area contributed by atoms with E-state index < -0.39 is 41.1 Å². The minimum atomic E-state index is -5.12. The average molecular weight is 473 g/mol. The van der Waals surface area contributed by atoms with Crippen molar-refractivity contribution in [3.8, 4) is 23.0 Å². The zero-order chi connectivity index (χ0) is 24.4. The number of aromatic hydroxyl groups is 1. The summed E-state index contributed by atoms with van der Waals surface area (Å²) in [7, 11) is 1.29. The maximum Gasteiger partial charge on any atom is 0.433 e. The molecule has 3 rings (SSSR count). The summed E-state index contributed by atoms with van der Waals surface area (Å²) in [5.74, 6) is -2.10. The number of pyridine rings is 2. The highest BCUT2D eigenvalue weighted by Gasteiger charge is 2.39. The van der Waals surface area contributed by atoms with Crippen molar-refractivity contribution in [2.24, 2.45) is 0 Å². The number of nitrogens with one attached hydrogen (secondary N) is 1. The Morgan fingerprint density at radius 1 is 0.939 bits per heavy atom. The summed E-state index contributed by atoms with van der Waals surface area (Å²) in [4.78, 5) is 18.7. The van der Waals surface area contributed by atoms with E-state index in [9.17, 15) is 36.2 Å². The molecule has 0 fully saturated rings. The third-order valence-corrected chi connectivity index (χ3v) is 4.05. The van der Waals surface area contributed by atoms with Gasteiger partial charge in [0, 0.05) is 30.1 Å². The van der Waals surface area contributed by atoms with Gasteiger partial charge in [-0.3, -0.25) is 4.79 Å². The van der Waals surface area contributed by atoms with Crippen molar-refractivity contribution in [2.45, 2.75) is 12.4 Å². The molecule has 0 spiro atoms. The second-order valence-electron chi connectivity index (χ2n) is 6.36. The van der Waals surface area contributed by atoms with Gasteiger partial charge in [0.1, 0.15) is 22.9 Å². The lowest BCUT2D eigenvalue weighted by atomic mass is 10.2. The second kappa shape index (κ2) is 8.84. The van der Waals surface area contributed by atoms with Gasteiger partial charge in [0.2, 0.25) is 0 Å². The fourth-order valence-electron chi connectivity index (χ4n) is 2.55. The number of amides is 1. The summed E-state index contributed by atoms with van der Waals surface area (Å²) in [6, 6.07) is 6.98. The number of hydrogen-bond donors (Lipinski definition) is 2. The van der Waals surface area contributed by atoms with Crippen molar-refractivity contribution in [3.63, 3.8) is 0 Å². The van der Waals surface area contributed by atoms with E-state index in [0.29, 0.717) is 12.1 Å². The molecule has 2 N–H and O–H groups in total. The summed E-state index contributed by atoms with van der Waals surface area (Å²) in [6.45, 7) is 0. The number of methoxy groups -OCH3 is 1. The first kappa shape index (κ1) is 23.6. The van der Waals surface area contributed by atoms with E-state index in [1.165, 1.54) is 43.6 Å². The first-order valence-corrected chi connectivity index (χ1v) is 8.86. The molecule has 0 saturated carbocycles. The van der Waals surface area contributed by atoms with Crippen LogP contribution in [-0.2, 0) is 12.4 Å². The molecule has 0 unspecified atom stereocenters. The molecular formula is C20H13F6N3O4. The van der Waals surface area contributed by atoms with Crippen LogP contribution in [-0.4, -0.2) is 28.1 Å². The number of nitrogens with zero attached hydrogens (tertiary/aromatic N) is 2. The standard InChI is InChI=1S/C20H13F6N3O4/c1-32-13-6-7-27-16(17(13)30)18(31)28-10-2-4-11(5-3-10)33-12-8-14(19(21,22)23)29-15(9-12)20(24,25)26/h2-9,30H,1H3,(H,28,31). The van der Waals surface area contributed by atoms with E-state index >= 15 is 0 Å². The molecule has 2 aromatic heterocycles. The number of alkyl halides is 6. The predicted molar refractivity (Wildman–Crippen MR) is 101 cm³/mol. The predicted octanol–water partition coefficient (Wildman–Crippen LogP) is 5.27. The van der Waals surface area contributed by atoms with Gasteiger partial charge >= 0.3 is 12.4 Å². The van der Waals surface area contributed by atoms with Crippen LogP contribution in [0, 0.1) is 0 Å². The number of carbonyl (C=O) groups excluding carboxylic acids is 1. The van der Waals surface area contributed by atoms with E-state index in [4.69, 9.17) is 9.47 Å². The van der Waals surface area contributed by atoms with Crippen molar-refractivity contribution >= 4 is 11.6 Å². The monoisotopic (exact) mass is 473 g/mol. The van der Waals surface area contributed by atoms with Crippen LogP contribution in [0.1, 0.15) is 21.9 Å². The molecule has 0 aliphatic carbocycles. The zero-order valence-electron chi connectivity index (χ0n) is 16.5. The number of hydrogen-bond acceptors (Lipinski definition) is 6. The number of halogens is 6. The molecule has 0 aliphatic heterocycles. The number of anilines is 1. The van der Waals surface area contributed by atoms with Crippen molar-refractivity contribution in [2.75, 3.05) is 12.4 Å². The first-order chi connectivity index (χ1) is 15.4. The molecule has 0 aliphatic rings. The molecule has 0 atom stereocenters. The quantitative estimate of drug-likeness (QED) is 0.491. The maximum absolute atomic E-state index is 12.9. The van der Waals surface area contributed by atoms with Crippen LogP contribution >= 0.6 is 0 Å². The van der Waals surface area contributed by atoms with Gasteiger partial charge in [0.25, 0.3) is 5.91 Å². The van der Waals surface area contributed by atoms with Crippen LogP contribution in [0.2, 0.25) is 0 Å². The molecule has 174 valence electrons. The Hall–Kier alpha value is -4.03. The lowest BCUT2D eigenvalue weighted by molar-refractivity contribution is -0.150. The van der Waals surface area contributed by atoms with Gasteiger partial charge < -0.3 is 19.9 Å². The molecule has 2 heterocycles. The van der Waals surface area contributed by atoms with Crippen LogP contribution in [0.25, 0.3) is 0 Å². The molecule has 1 aromatic carbocycles. The molecule has 0 saturated heterocycles. The van der Waals surface area contributed by atoms with Gasteiger partial charge in [-0.25, -0.2) is 9.97 Å². The second-order valence-corrected chi connectivity index (χ2v) is 6.36. The van der Waals surface area contributed by atoms with Gasteiger partial charge in [-0.1, -0.05) is 0 Å². The third kappa shape index (κ3) is 5.61. The van der Waals surface area contributed by atoms with Gasteiger partial charge in [-0.2, -0.15) is 26.3 Å². The van der Waals surface area contributed by atoms with Crippen molar-refractivity contribution in [1.29, 1.82) is 0 Å². The largest absolute Gasteiger partial charge is 0.503 e. The smallest absolute Gasteiger partial charge is 0.433 e. The van der Waals surface area contributed by atoms with Gasteiger partial charge in [0.15, 0.2) is 17.2 Å². The molecule has 0 radical (unpaired) electrons. The highest BCUT2D eigenvalue weighted by atomic mass is 19.4. The van der Waals surface area contributed by atoms with E-state index in [-0.39, 0.29) is 22.9 Å². The molecule has 13 heteroatoms. The molecule has 7 nitrogen and oxygen atoms in total. The molecule has 3 aromatic rings. The van der Waals surface area contributed by atoms with E-state index in [1.54, 1.807) is 0 Å². The minimum Gasteiger partial charge on any atom is -0.503 e. The van der Waals surface area contributed by atoms with Gasteiger partial charge in [-0.15, -0.1) is 0 Å². The molecular weight excluding hydrogens is 460 g/mol. The zero-order valence-corrected chi connectivity index (χ0v) is 16.5. The van der Waals surface area contributed by atoms with E-state index in [0.717, 1.165) is 0 Å². The van der Waals surface area contributed by atoms with E-state index in [2.05, 4.69) is 15.3 Å². The Bertz CT molecular complexity index is 1130. The van der Waals surface area contributed by atoms with Crippen LogP contribution in [0.3, 0.4) is 0 Å². The normalized spacial score (nSPS) is 11.7. The Labute approximate surface area is 181 Å². The lowest BCUT2D eigenvalue weighted by Crippen LogP contribution is -2.15. The Morgan fingerprint density at radius 3 is 2.03 bits per heavy atom. The van der Waals surface area contributed by atoms with Crippen LogP contribution < -0.4 is 14.8 Å². The number of aromatic nitrogens is 2. The Kier molecular flexibility index (Phi) is 6.33. The highest BCUT2D eigenvalue weighted by molar-refractivity contribution is 6.05. The Balaban J connectivity index is 1.79. The number of rotatable bonds is 5. The highest BCUT2D eigenvalue weighted by Crippen LogP contribution is 2.37. The number of benzene rings is 1. The molecule has 33 heavy (non-hydrogen) atoms. The summed E-state index contributed by atoms with van der Waals surface area (Å²) in [5, 5.41) is 12.4. The SMILES string of the molecule is COc1ccnc(C(=O)Nc2ccc(Oc3cc(C(F)(F)F)nc(C(F)(F)F)c3)cc2)c1O. The first-order valence-electron chi connectivity index (χ1n) is 8.86. The Morgan fingerprint density at radius 2 is 1.52 bits per heavy atom.